The van der Waals surface area contributed by atoms with Crippen LogP contribution in [-0.2, 0) is 19.1 Å². The minimum Gasteiger partial charge on any atom is -0.462 e. The highest BCUT2D eigenvalue weighted by atomic mass is 16.6. The Hall–Kier alpha value is -1.22. The maximum atomic E-state index is 12.5. The van der Waals surface area contributed by atoms with Crippen LogP contribution in [-0.4, -0.2) is 61.6 Å². The minimum absolute atomic E-state index is 0.00176. The highest BCUT2D eigenvalue weighted by Crippen LogP contribution is 2.41. The van der Waals surface area contributed by atoms with Crippen molar-refractivity contribution >= 4 is 11.9 Å². The lowest BCUT2D eigenvalue weighted by Crippen LogP contribution is -2.66. The molecule has 0 aromatic rings. The van der Waals surface area contributed by atoms with Crippen molar-refractivity contribution in [3.63, 3.8) is 0 Å². The van der Waals surface area contributed by atoms with Gasteiger partial charge in [-0.3, -0.25) is 15.4 Å². The molecule has 8 heteroatoms. The van der Waals surface area contributed by atoms with E-state index in [-0.39, 0.29) is 42.1 Å². The molecular weight excluding hydrogens is 410 g/mol. The summed E-state index contributed by atoms with van der Waals surface area (Å²) in [5.41, 5.74) is -1.48. The van der Waals surface area contributed by atoms with Crippen LogP contribution in [0.1, 0.15) is 107 Å². The van der Waals surface area contributed by atoms with Gasteiger partial charge < -0.3 is 14.7 Å². The molecule has 0 aliphatic carbocycles. The number of nitrogens with two attached hydrogens (primary N) is 1. The van der Waals surface area contributed by atoms with Crippen LogP contribution in [0.3, 0.4) is 0 Å². The average molecular weight is 456 g/mol. The van der Waals surface area contributed by atoms with Crippen molar-refractivity contribution in [2.24, 2.45) is 5.84 Å². The Morgan fingerprint density at radius 2 is 1.22 bits per heavy atom. The molecule has 2 rings (SSSR count). The van der Waals surface area contributed by atoms with E-state index in [4.69, 9.17) is 15.3 Å². The number of piperidine rings is 2. The normalized spacial score (nSPS) is 35.3. The second-order valence-electron chi connectivity index (χ2n) is 11.5. The van der Waals surface area contributed by atoms with Gasteiger partial charge in [-0.05, 0) is 54.4 Å². The lowest BCUT2D eigenvalue weighted by Gasteiger charge is -2.53. The standard InChI is InChI=1S/C24H45N3O5/c1-9-23(7)15-17(13-21(3,4)26(23)25)31-19(28)11-12-20(29)32-18-14-22(5,6)27(30)24(8,10-2)16-18/h17-18,30H,9-16,25H2,1-8H3. The van der Waals surface area contributed by atoms with Gasteiger partial charge in [-0.25, -0.2) is 5.01 Å². The molecule has 2 aliphatic rings. The SMILES string of the molecule is CCC1(C)CC(OC(=O)CCC(=O)OC2CC(C)(C)N(O)C(C)(CC)C2)CC(C)(C)N1N. The van der Waals surface area contributed by atoms with Gasteiger partial charge in [0.05, 0.1) is 12.8 Å². The molecule has 4 atom stereocenters. The summed E-state index contributed by atoms with van der Waals surface area (Å²) in [5, 5.41) is 13.9. The lowest BCUT2D eigenvalue weighted by molar-refractivity contribution is -0.265. The highest BCUT2D eigenvalue weighted by Gasteiger charge is 2.48. The summed E-state index contributed by atoms with van der Waals surface area (Å²) in [6.45, 7) is 16.2. The summed E-state index contributed by atoms with van der Waals surface area (Å²) in [6.07, 6.45) is 3.49. The number of rotatable bonds is 7. The summed E-state index contributed by atoms with van der Waals surface area (Å²) < 4.78 is 11.4. The van der Waals surface area contributed by atoms with Crippen molar-refractivity contribution < 1.29 is 24.3 Å². The Bertz CT molecular complexity index is 639. The molecule has 4 unspecified atom stereocenters. The van der Waals surface area contributed by atoms with Gasteiger partial charge in [-0.2, -0.15) is 5.06 Å². The number of esters is 2. The zero-order valence-corrected chi connectivity index (χ0v) is 21.4. The first-order valence-electron chi connectivity index (χ1n) is 12.0. The third-order valence-corrected chi connectivity index (χ3v) is 7.76. The van der Waals surface area contributed by atoms with Crippen LogP contribution in [0, 0.1) is 0 Å². The van der Waals surface area contributed by atoms with Crippen molar-refractivity contribution in [1.82, 2.24) is 10.1 Å². The molecule has 32 heavy (non-hydrogen) atoms. The van der Waals surface area contributed by atoms with Gasteiger partial charge in [-0.1, -0.05) is 13.8 Å². The average Bonchev–Trinajstić information content (AvgIpc) is 2.68. The molecule has 0 amide bonds. The zero-order valence-electron chi connectivity index (χ0n) is 21.4. The Balaban J connectivity index is 1.87. The topological polar surface area (TPSA) is 105 Å². The Morgan fingerprint density at radius 3 is 1.66 bits per heavy atom. The van der Waals surface area contributed by atoms with Gasteiger partial charge in [0.25, 0.3) is 0 Å². The van der Waals surface area contributed by atoms with E-state index in [0.29, 0.717) is 25.7 Å². The lowest BCUT2D eigenvalue weighted by atomic mass is 9.77. The van der Waals surface area contributed by atoms with Crippen molar-refractivity contribution in [2.75, 3.05) is 0 Å². The first-order chi connectivity index (χ1) is 14.6. The van der Waals surface area contributed by atoms with Crippen LogP contribution in [0.4, 0.5) is 0 Å². The molecule has 0 bridgehead atoms. The number of carbonyl (C=O) groups is 2. The van der Waals surface area contributed by atoms with Gasteiger partial charge in [0, 0.05) is 47.8 Å². The van der Waals surface area contributed by atoms with E-state index in [1.54, 1.807) is 0 Å². The number of ether oxygens (including phenoxy) is 2. The van der Waals surface area contributed by atoms with Crippen LogP contribution < -0.4 is 5.84 Å². The summed E-state index contributed by atoms with van der Waals surface area (Å²) in [5.74, 6) is 5.57. The molecule has 8 nitrogen and oxygen atoms in total. The zero-order chi connectivity index (χ0) is 24.5. The summed E-state index contributed by atoms with van der Waals surface area (Å²) in [6, 6.07) is 0. The van der Waals surface area contributed by atoms with Crippen LogP contribution in [0.2, 0.25) is 0 Å². The maximum Gasteiger partial charge on any atom is 0.306 e. The number of carbonyl (C=O) groups excluding carboxylic acids is 2. The fourth-order valence-corrected chi connectivity index (χ4v) is 5.54. The third-order valence-electron chi connectivity index (χ3n) is 7.76. The third kappa shape index (κ3) is 5.82. The molecule has 3 N–H and O–H groups in total. The summed E-state index contributed by atoms with van der Waals surface area (Å²) in [7, 11) is 0. The smallest absolute Gasteiger partial charge is 0.306 e. The fraction of sp³-hybridized carbons (Fsp3) is 0.917. The summed E-state index contributed by atoms with van der Waals surface area (Å²) in [4.78, 5) is 24.9. The number of nitrogens with zero attached hydrogens (tertiary/aromatic N) is 2. The van der Waals surface area contributed by atoms with E-state index in [1.807, 2.05) is 32.7 Å². The van der Waals surface area contributed by atoms with E-state index in [2.05, 4.69) is 27.7 Å². The first-order valence-corrected chi connectivity index (χ1v) is 12.0. The predicted octanol–water partition coefficient (Wildman–Crippen LogP) is 3.94. The second kappa shape index (κ2) is 9.57. The van der Waals surface area contributed by atoms with E-state index < -0.39 is 17.0 Å². The van der Waals surface area contributed by atoms with Gasteiger partial charge in [-0.15, -0.1) is 0 Å². The molecule has 2 aliphatic heterocycles. The van der Waals surface area contributed by atoms with Gasteiger partial charge in [0.1, 0.15) is 12.2 Å². The second-order valence-corrected chi connectivity index (χ2v) is 11.5. The number of hydroxylamine groups is 2. The number of hydrogen-bond acceptors (Lipinski definition) is 8. The molecule has 0 aromatic carbocycles. The molecule has 186 valence electrons. The molecule has 0 spiro atoms. The van der Waals surface area contributed by atoms with E-state index in [0.717, 1.165) is 12.8 Å². The van der Waals surface area contributed by atoms with Crippen LogP contribution in [0.25, 0.3) is 0 Å². The van der Waals surface area contributed by atoms with Crippen molar-refractivity contribution in [3.8, 4) is 0 Å². The Labute approximate surface area is 193 Å². The molecule has 2 heterocycles. The molecule has 0 saturated carbocycles. The van der Waals surface area contributed by atoms with Crippen molar-refractivity contribution in [2.45, 2.75) is 141 Å². The van der Waals surface area contributed by atoms with Gasteiger partial charge in [0.2, 0.25) is 0 Å². The molecular formula is C24H45N3O5. The first kappa shape index (κ1) is 27.0. The predicted molar refractivity (Wildman–Crippen MR) is 123 cm³/mol. The van der Waals surface area contributed by atoms with Gasteiger partial charge >= 0.3 is 11.9 Å². The van der Waals surface area contributed by atoms with E-state index in [1.165, 1.54) is 5.06 Å². The maximum absolute atomic E-state index is 12.5. The highest BCUT2D eigenvalue weighted by molar-refractivity contribution is 5.77. The number of hydrogen-bond donors (Lipinski definition) is 2. The van der Waals surface area contributed by atoms with Crippen LogP contribution in [0.15, 0.2) is 0 Å². The largest absolute Gasteiger partial charge is 0.462 e. The number of hydrazine groups is 1. The van der Waals surface area contributed by atoms with Gasteiger partial charge in [0.15, 0.2) is 0 Å². The molecule has 2 saturated heterocycles. The fourth-order valence-electron chi connectivity index (χ4n) is 5.54. The van der Waals surface area contributed by atoms with Crippen LogP contribution >= 0.6 is 0 Å². The van der Waals surface area contributed by atoms with Crippen LogP contribution in [0.5, 0.6) is 0 Å². The Morgan fingerprint density at radius 1 is 0.812 bits per heavy atom. The summed E-state index contributed by atoms with van der Waals surface area (Å²) >= 11 is 0. The molecule has 0 radical (unpaired) electrons. The van der Waals surface area contributed by atoms with E-state index in [9.17, 15) is 14.8 Å². The van der Waals surface area contributed by atoms with Crippen molar-refractivity contribution in [3.05, 3.63) is 0 Å². The Kier molecular flexibility index (Phi) is 8.08. The quantitative estimate of drug-likeness (QED) is 0.439. The van der Waals surface area contributed by atoms with Crippen molar-refractivity contribution in [1.29, 1.82) is 0 Å². The minimum atomic E-state index is -0.497. The molecule has 0 aromatic heterocycles. The monoisotopic (exact) mass is 455 g/mol. The molecule has 2 fully saturated rings. The van der Waals surface area contributed by atoms with E-state index >= 15 is 0 Å².